The molecule has 2 aromatic heterocycles. The molecule has 17 heavy (non-hydrogen) atoms. The number of nitrogens with zero attached hydrogens (tertiary/aromatic N) is 2. The maximum atomic E-state index is 11.2. The van der Waals surface area contributed by atoms with Gasteiger partial charge in [-0.3, -0.25) is 9.36 Å². The summed E-state index contributed by atoms with van der Waals surface area (Å²) in [5.74, 6) is -0.571. The molecule has 0 saturated carbocycles. The molecule has 0 unspecified atom stereocenters. The predicted octanol–water partition coefficient (Wildman–Crippen LogP) is 0.262. The first-order chi connectivity index (χ1) is 8.09. The second-order valence-electron chi connectivity index (χ2n) is 3.33. The van der Waals surface area contributed by atoms with Crippen LogP contribution in [0.25, 0.3) is 17.1 Å². The normalized spacial score (nSPS) is 11.1. The van der Waals surface area contributed by atoms with Crippen molar-refractivity contribution < 1.29 is 9.59 Å². The molecule has 6 heteroatoms. The molecule has 0 fully saturated rings. The number of aromatic nitrogens is 2. The lowest BCUT2D eigenvalue weighted by Gasteiger charge is -1.95. The predicted molar refractivity (Wildman–Crippen MR) is 61.8 cm³/mol. The first-order valence-corrected chi connectivity index (χ1v) is 4.74. The fourth-order valence-corrected chi connectivity index (χ4v) is 1.50. The second-order valence-corrected chi connectivity index (χ2v) is 3.33. The van der Waals surface area contributed by atoms with Crippen LogP contribution in [0.1, 0.15) is 5.56 Å². The number of nitrogens with two attached hydrogens (primary N) is 2. The standard InChI is InChI=1S/C11H9N4O2/c12-9(16)4-3-7-6-15(11(13)17)10-8(7)2-1-5-14-10/h2-6H,(H2,12,16)(H2,13,17). The summed E-state index contributed by atoms with van der Waals surface area (Å²) in [4.78, 5) is 25.9. The SMILES string of the molecule is NC(=O)C=Cc1cn(C(N)=O)c2nc[c]cc12. The van der Waals surface area contributed by atoms with Crippen molar-refractivity contribution in [3.8, 4) is 0 Å². The third-order valence-corrected chi connectivity index (χ3v) is 2.20. The van der Waals surface area contributed by atoms with Gasteiger partial charge in [0.15, 0.2) is 0 Å². The number of hydrogen-bond acceptors (Lipinski definition) is 3. The summed E-state index contributed by atoms with van der Waals surface area (Å²) in [6, 6.07) is 3.80. The molecule has 2 amide bonds. The fourth-order valence-electron chi connectivity index (χ4n) is 1.50. The number of carbonyl (C=O) groups is 2. The number of rotatable bonds is 2. The van der Waals surface area contributed by atoms with Gasteiger partial charge in [0.2, 0.25) is 5.91 Å². The van der Waals surface area contributed by atoms with Crippen molar-refractivity contribution in [3.63, 3.8) is 0 Å². The Balaban J connectivity index is 2.64. The van der Waals surface area contributed by atoms with Crippen LogP contribution in [-0.2, 0) is 4.79 Å². The van der Waals surface area contributed by atoms with Gasteiger partial charge < -0.3 is 11.5 Å². The zero-order chi connectivity index (χ0) is 12.4. The molecule has 4 N–H and O–H groups in total. The van der Waals surface area contributed by atoms with E-state index in [-0.39, 0.29) is 0 Å². The summed E-state index contributed by atoms with van der Waals surface area (Å²) < 4.78 is 1.20. The highest BCUT2D eigenvalue weighted by molar-refractivity contribution is 5.97. The van der Waals surface area contributed by atoms with Gasteiger partial charge in [0.25, 0.3) is 0 Å². The van der Waals surface area contributed by atoms with E-state index in [0.29, 0.717) is 16.6 Å². The molecular formula is C11H9N4O2. The lowest BCUT2D eigenvalue weighted by molar-refractivity contribution is -0.113. The van der Waals surface area contributed by atoms with Crippen LogP contribution in [0, 0.1) is 6.07 Å². The first-order valence-electron chi connectivity index (χ1n) is 4.74. The van der Waals surface area contributed by atoms with Gasteiger partial charge in [0.05, 0.1) is 0 Å². The molecule has 0 aliphatic carbocycles. The van der Waals surface area contributed by atoms with Crippen molar-refractivity contribution in [2.24, 2.45) is 11.5 Å². The number of amides is 2. The monoisotopic (exact) mass is 229 g/mol. The third kappa shape index (κ3) is 2.00. The Morgan fingerprint density at radius 3 is 2.82 bits per heavy atom. The minimum atomic E-state index is -0.646. The van der Waals surface area contributed by atoms with Crippen molar-refractivity contribution in [2.75, 3.05) is 0 Å². The van der Waals surface area contributed by atoms with Crippen molar-refractivity contribution in [1.82, 2.24) is 9.55 Å². The van der Waals surface area contributed by atoms with Gasteiger partial charge in [-0.05, 0) is 12.1 Å². The first kappa shape index (κ1) is 10.9. The minimum Gasteiger partial charge on any atom is -0.366 e. The highest BCUT2D eigenvalue weighted by atomic mass is 16.2. The van der Waals surface area contributed by atoms with Gasteiger partial charge in [-0.25, -0.2) is 9.78 Å². The zero-order valence-electron chi connectivity index (χ0n) is 8.75. The van der Waals surface area contributed by atoms with Crippen LogP contribution in [0.4, 0.5) is 4.79 Å². The Morgan fingerprint density at radius 1 is 1.41 bits per heavy atom. The Bertz CT molecular complexity index is 627. The summed E-state index contributed by atoms with van der Waals surface area (Å²) in [7, 11) is 0. The van der Waals surface area contributed by atoms with Crippen LogP contribution in [0.15, 0.2) is 24.5 Å². The highest BCUT2D eigenvalue weighted by Crippen LogP contribution is 2.19. The van der Waals surface area contributed by atoms with Gasteiger partial charge in [-0.1, -0.05) is 0 Å². The topological polar surface area (TPSA) is 104 Å². The zero-order valence-corrected chi connectivity index (χ0v) is 8.75. The number of pyridine rings is 1. The number of carbonyl (C=O) groups excluding carboxylic acids is 2. The minimum absolute atomic E-state index is 0.417. The molecule has 1 radical (unpaired) electrons. The average molecular weight is 229 g/mol. The number of primary amides is 2. The van der Waals surface area contributed by atoms with E-state index in [1.165, 1.54) is 29.1 Å². The summed E-state index contributed by atoms with van der Waals surface area (Å²) in [5, 5.41) is 0.670. The smallest absolute Gasteiger partial charge is 0.324 e. The van der Waals surface area contributed by atoms with E-state index in [1.807, 2.05) is 0 Å². The van der Waals surface area contributed by atoms with Crippen LogP contribution >= 0.6 is 0 Å². The molecule has 0 aliphatic rings. The number of fused-ring (bicyclic) bond motifs is 1. The van der Waals surface area contributed by atoms with Gasteiger partial charge >= 0.3 is 6.03 Å². The summed E-state index contributed by atoms with van der Waals surface area (Å²) in [6.45, 7) is 0. The number of hydrogen-bond donors (Lipinski definition) is 2. The molecule has 85 valence electrons. The van der Waals surface area contributed by atoms with Gasteiger partial charge in [0.1, 0.15) is 5.65 Å². The van der Waals surface area contributed by atoms with Crippen molar-refractivity contribution in [3.05, 3.63) is 36.2 Å². The summed E-state index contributed by atoms with van der Waals surface area (Å²) in [6.07, 6.45) is 5.63. The largest absolute Gasteiger partial charge is 0.366 e. The molecule has 0 saturated heterocycles. The van der Waals surface area contributed by atoms with Crippen LogP contribution in [0.2, 0.25) is 0 Å². The Morgan fingerprint density at radius 2 is 2.18 bits per heavy atom. The van der Waals surface area contributed by atoms with E-state index < -0.39 is 11.9 Å². The van der Waals surface area contributed by atoms with Gasteiger partial charge in [-0.15, -0.1) is 0 Å². The van der Waals surface area contributed by atoms with Crippen LogP contribution in [0.3, 0.4) is 0 Å². The molecule has 6 nitrogen and oxygen atoms in total. The summed E-state index contributed by atoms with van der Waals surface area (Å²) >= 11 is 0. The van der Waals surface area contributed by atoms with Crippen molar-refractivity contribution in [2.45, 2.75) is 0 Å². The molecule has 0 aliphatic heterocycles. The Labute approximate surface area is 96.5 Å². The molecule has 0 aromatic carbocycles. The van der Waals surface area contributed by atoms with E-state index in [4.69, 9.17) is 11.5 Å². The third-order valence-electron chi connectivity index (χ3n) is 2.20. The van der Waals surface area contributed by atoms with Crippen molar-refractivity contribution >= 4 is 29.0 Å². The summed E-state index contributed by atoms with van der Waals surface area (Å²) in [5.41, 5.74) is 11.3. The van der Waals surface area contributed by atoms with Crippen molar-refractivity contribution in [1.29, 1.82) is 0 Å². The molecule has 2 heterocycles. The van der Waals surface area contributed by atoms with E-state index >= 15 is 0 Å². The van der Waals surface area contributed by atoms with Gasteiger partial charge in [-0.2, -0.15) is 0 Å². The second kappa shape index (κ2) is 4.09. The maximum Gasteiger partial charge on any atom is 0.324 e. The van der Waals surface area contributed by atoms with Crippen LogP contribution < -0.4 is 11.5 Å². The van der Waals surface area contributed by atoms with E-state index in [9.17, 15) is 9.59 Å². The molecule has 0 bridgehead atoms. The van der Waals surface area contributed by atoms with E-state index in [2.05, 4.69) is 11.1 Å². The Hall–Kier alpha value is -2.63. The highest BCUT2D eigenvalue weighted by Gasteiger charge is 2.10. The molecule has 0 spiro atoms. The van der Waals surface area contributed by atoms with E-state index in [0.717, 1.165) is 0 Å². The fraction of sp³-hybridized carbons (Fsp3) is 0. The molecular weight excluding hydrogens is 220 g/mol. The Kier molecular flexibility index (Phi) is 2.61. The van der Waals surface area contributed by atoms with E-state index in [1.54, 1.807) is 6.07 Å². The van der Waals surface area contributed by atoms with Crippen LogP contribution in [0.5, 0.6) is 0 Å². The molecule has 0 atom stereocenters. The van der Waals surface area contributed by atoms with Crippen LogP contribution in [-0.4, -0.2) is 21.5 Å². The lowest BCUT2D eigenvalue weighted by Crippen LogP contribution is -2.18. The lowest BCUT2D eigenvalue weighted by atomic mass is 10.2. The van der Waals surface area contributed by atoms with Gasteiger partial charge in [0, 0.05) is 35.5 Å². The molecule has 2 aromatic rings. The average Bonchev–Trinajstić information content (AvgIpc) is 2.65. The quantitative estimate of drug-likeness (QED) is 0.721. The maximum absolute atomic E-state index is 11.2. The molecule has 2 rings (SSSR count).